The van der Waals surface area contributed by atoms with E-state index in [0.717, 1.165) is 42.5 Å². The molecule has 0 amide bonds. The third kappa shape index (κ3) is 3.62. The molecule has 5 nitrogen and oxygen atoms in total. The minimum atomic E-state index is 0.317. The second kappa shape index (κ2) is 5.75. The minimum Gasteiger partial charge on any atom is -0.379 e. The first-order chi connectivity index (χ1) is 8.15. The van der Waals surface area contributed by atoms with Crippen LogP contribution in [0.4, 0.5) is 5.82 Å². The summed E-state index contributed by atoms with van der Waals surface area (Å²) in [5, 5.41) is 2.11. The molecule has 0 radical (unpaired) electrons. The Morgan fingerprint density at radius 3 is 2.71 bits per heavy atom. The van der Waals surface area contributed by atoms with Crippen molar-refractivity contribution in [3.8, 4) is 0 Å². The molecular weight excluding hydrogens is 284 g/mol. The van der Waals surface area contributed by atoms with Gasteiger partial charge in [0.2, 0.25) is 0 Å². The zero-order valence-corrected chi connectivity index (χ0v) is 11.7. The fraction of sp³-hybridized carbons (Fsp3) is 0.636. The van der Waals surface area contributed by atoms with E-state index in [-0.39, 0.29) is 0 Å². The fourth-order valence-electron chi connectivity index (χ4n) is 1.59. The molecule has 0 aromatic carbocycles. The number of ether oxygens (including phenoxy) is 1. The van der Waals surface area contributed by atoms with Gasteiger partial charge >= 0.3 is 0 Å². The van der Waals surface area contributed by atoms with Crippen molar-refractivity contribution in [2.75, 3.05) is 31.7 Å². The first-order valence-electron chi connectivity index (χ1n) is 5.79. The molecule has 2 rings (SSSR count). The Hall–Kier alpha value is -0.720. The Morgan fingerprint density at radius 2 is 2.06 bits per heavy atom. The van der Waals surface area contributed by atoms with Crippen molar-refractivity contribution in [1.82, 2.24) is 15.0 Å². The smallest absolute Gasteiger partial charge is 0.145 e. The van der Waals surface area contributed by atoms with Crippen LogP contribution in [0.3, 0.4) is 0 Å². The standard InChI is InChI=1S/C11H17BrN4O/c1-8(2)11-13-9(12)7-10(14-11)15-16-3-5-17-6-4-16/h7-8H,3-6H2,1-2H3,(H,13,14,15). The van der Waals surface area contributed by atoms with Crippen LogP contribution in [-0.4, -0.2) is 41.3 Å². The van der Waals surface area contributed by atoms with E-state index >= 15 is 0 Å². The molecule has 0 spiro atoms. The predicted molar refractivity (Wildman–Crippen MR) is 69.8 cm³/mol. The SMILES string of the molecule is CC(C)c1nc(Br)cc(NN2CCOCC2)n1. The molecule has 1 fully saturated rings. The molecule has 1 N–H and O–H groups in total. The maximum Gasteiger partial charge on any atom is 0.145 e. The van der Waals surface area contributed by atoms with Crippen LogP contribution in [0, 0.1) is 0 Å². The van der Waals surface area contributed by atoms with Gasteiger partial charge in [0.15, 0.2) is 0 Å². The molecule has 0 saturated carbocycles. The largest absolute Gasteiger partial charge is 0.379 e. The normalized spacial score (nSPS) is 17.4. The quantitative estimate of drug-likeness (QED) is 0.866. The van der Waals surface area contributed by atoms with Crippen LogP contribution in [0.5, 0.6) is 0 Å². The summed E-state index contributed by atoms with van der Waals surface area (Å²) >= 11 is 3.41. The van der Waals surface area contributed by atoms with Crippen LogP contribution in [0.2, 0.25) is 0 Å². The Morgan fingerprint density at radius 1 is 1.35 bits per heavy atom. The maximum absolute atomic E-state index is 5.30. The zero-order valence-electron chi connectivity index (χ0n) is 10.1. The molecule has 1 aliphatic rings. The summed E-state index contributed by atoms with van der Waals surface area (Å²) in [7, 11) is 0. The Kier molecular flexibility index (Phi) is 4.31. The number of aromatic nitrogens is 2. The third-order valence-corrected chi connectivity index (χ3v) is 2.92. The lowest BCUT2D eigenvalue weighted by molar-refractivity contribution is 0.0494. The highest BCUT2D eigenvalue weighted by molar-refractivity contribution is 9.10. The zero-order chi connectivity index (χ0) is 12.3. The minimum absolute atomic E-state index is 0.317. The van der Waals surface area contributed by atoms with Gasteiger partial charge < -0.3 is 10.2 Å². The van der Waals surface area contributed by atoms with Crippen molar-refractivity contribution in [1.29, 1.82) is 0 Å². The summed E-state index contributed by atoms with van der Waals surface area (Å²) < 4.78 is 6.11. The topological polar surface area (TPSA) is 50.3 Å². The highest BCUT2D eigenvalue weighted by Gasteiger charge is 2.12. The summed E-state index contributed by atoms with van der Waals surface area (Å²) in [6.07, 6.45) is 0. The molecule has 0 atom stereocenters. The van der Waals surface area contributed by atoms with E-state index in [9.17, 15) is 0 Å². The molecule has 0 bridgehead atoms. The summed E-state index contributed by atoms with van der Waals surface area (Å²) in [6, 6.07) is 1.89. The van der Waals surface area contributed by atoms with E-state index in [0.29, 0.717) is 5.92 Å². The molecule has 17 heavy (non-hydrogen) atoms. The van der Waals surface area contributed by atoms with Crippen molar-refractivity contribution in [3.63, 3.8) is 0 Å². The average Bonchev–Trinajstić information content (AvgIpc) is 2.29. The molecule has 1 saturated heterocycles. The van der Waals surface area contributed by atoms with Crippen LogP contribution >= 0.6 is 15.9 Å². The number of hydrogen-bond acceptors (Lipinski definition) is 5. The van der Waals surface area contributed by atoms with Gasteiger partial charge in [0.05, 0.1) is 13.2 Å². The number of nitrogens with one attached hydrogen (secondary N) is 1. The van der Waals surface area contributed by atoms with E-state index in [1.807, 2.05) is 6.07 Å². The van der Waals surface area contributed by atoms with Crippen molar-refractivity contribution < 1.29 is 4.74 Å². The third-order valence-electron chi connectivity index (χ3n) is 2.51. The molecule has 0 unspecified atom stereocenters. The molecule has 1 aliphatic heterocycles. The number of nitrogens with zero attached hydrogens (tertiary/aromatic N) is 3. The van der Waals surface area contributed by atoms with Gasteiger partial charge in [-0.3, -0.25) is 0 Å². The number of halogens is 1. The number of anilines is 1. The molecule has 6 heteroatoms. The van der Waals surface area contributed by atoms with Gasteiger partial charge in [-0.25, -0.2) is 15.0 Å². The van der Waals surface area contributed by atoms with Crippen LogP contribution in [0.1, 0.15) is 25.6 Å². The summed E-state index contributed by atoms with van der Waals surface area (Å²) in [6.45, 7) is 7.43. The number of rotatable bonds is 3. The lowest BCUT2D eigenvalue weighted by atomic mass is 10.2. The fourth-order valence-corrected chi connectivity index (χ4v) is 1.99. The van der Waals surface area contributed by atoms with Crippen LogP contribution in [-0.2, 0) is 4.74 Å². The van der Waals surface area contributed by atoms with Gasteiger partial charge in [0.1, 0.15) is 16.2 Å². The summed E-state index contributed by atoms with van der Waals surface area (Å²) in [5.74, 6) is 1.99. The molecule has 0 aliphatic carbocycles. The molecule has 2 heterocycles. The summed E-state index contributed by atoms with van der Waals surface area (Å²) in [5.41, 5.74) is 3.29. The van der Waals surface area contributed by atoms with Crippen LogP contribution in [0.25, 0.3) is 0 Å². The Bertz CT molecular complexity index is 380. The molecule has 1 aromatic rings. The van der Waals surface area contributed by atoms with Crippen LogP contribution in [0.15, 0.2) is 10.7 Å². The van der Waals surface area contributed by atoms with Crippen molar-refractivity contribution >= 4 is 21.7 Å². The second-order valence-corrected chi connectivity index (χ2v) is 5.11. The summed E-state index contributed by atoms with van der Waals surface area (Å²) in [4.78, 5) is 8.84. The van der Waals surface area contributed by atoms with E-state index in [2.05, 4.69) is 50.2 Å². The Balaban J connectivity index is 2.09. The van der Waals surface area contributed by atoms with Gasteiger partial charge in [0.25, 0.3) is 0 Å². The molecule has 1 aromatic heterocycles. The van der Waals surface area contributed by atoms with E-state index in [4.69, 9.17) is 4.74 Å². The number of hydrazine groups is 1. The van der Waals surface area contributed by atoms with Gasteiger partial charge in [0, 0.05) is 25.1 Å². The van der Waals surface area contributed by atoms with E-state index in [1.54, 1.807) is 0 Å². The van der Waals surface area contributed by atoms with Gasteiger partial charge in [-0.2, -0.15) is 0 Å². The maximum atomic E-state index is 5.30. The Labute approximate surface area is 110 Å². The van der Waals surface area contributed by atoms with Gasteiger partial charge in [-0.05, 0) is 15.9 Å². The van der Waals surface area contributed by atoms with Crippen molar-refractivity contribution in [3.05, 3.63) is 16.5 Å². The van der Waals surface area contributed by atoms with Crippen LogP contribution < -0.4 is 5.43 Å². The van der Waals surface area contributed by atoms with Crippen molar-refractivity contribution in [2.45, 2.75) is 19.8 Å². The number of hydrogen-bond donors (Lipinski definition) is 1. The second-order valence-electron chi connectivity index (χ2n) is 4.30. The predicted octanol–water partition coefficient (Wildman–Crippen LogP) is 2.02. The highest BCUT2D eigenvalue weighted by atomic mass is 79.9. The highest BCUT2D eigenvalue weighted by Crippen LogP contribution is 2.18. The van der Waals surface area contributed by atoms with Gasteiger partial charge in [-0.15, -0.1) is 0 Å². The van der Waals surface area contributed by atoms with E-state index in [1.165, 1.54) is 0 Å². The lowest BCUT2D eigenvalue weighted by Crippen LogP contribution is -2.40. The first kappa shape index (κ1) is 12.7. The lowest BCUT2D eigenvalue weighted by Gasteiger charge is -2.27. The van der Waals surface area contributed by atoms with Crippen molar-refractivity contribution in [2.24, 2.45) is 0 Å². The first-order valence-corrected chi connectivity index (χ1v) is 6.58. The monoisotopic (exact) mass is 300 g/mol. The molecular formula is C11H17BrN4O. The molecule has 94 valence electrons. The van der Waals surface area contributed by atoms with Gasteiger partial charge in [-0.1, -0.05) is 13.8 Å². The van der Waals surface area contributed by atoms with E-state index < -0.39 is 0 Å². The number of morpholine rings is 1. The average molecular weight is 301 g/mol.